The summed E-state index contributed by atoms with van der Waals surface area (Å²) in [5, 5.41) is 10.5. The molecule has 0 N–H and O–H groups in total. The fourth-order valence-corrected chi connectivity index (χ4v) is 2.31. The number of halogens is 1. The molecule has 0 saturated carbocycles. The molecule has 94 valence electrons. The summed E-state index contributed by atoms with van der Waals surface area (Å²) in [4.78, 5) is 0. The highest BCUT2D eigenvalue weighted by atomic mass is 35.5. The van der Waals surface area contributed by atoms with Crippen LogP contribution in [0.5, 0.6) is 5.75 Å². The molecule has 1 heterocycles. The monoisotopic (exact) mass is 270 g/mol. The van der Waals surface area contributed by atoms with Crippen molar-refractivity contribution in [1.29, 1.82) is 0 Å². The zero-order chi connectivity index (χ0) is 13.2. The first-order valence-corrected chi connectivity index (χ1v) is 6.23. The summed E-state index contributed by atoms with van der Waals surface area (Å²) in [7, 11) is 1.64. The highest BCUT2D eigenvalue weighted by molar-refractivity contribution is 6.34. The summed E-state index contributed by atoms with van der Waals surface area (Å²) in [5.41, 5.74) is 1.68. The summed E-state index contributed by atoms with van der Waals surface area (Å²) in [5.74, 6) is 0.768. The van der Waals surface area contributed by atoms with Gasteiger partial charge in [-0.05, 0) is 12.1 Å². The molecule has 0 aliphatic rings. The van der Waals surface area contributed by atoms with Crippen LogP contribution in [-0.2, 0) is 0 Å². The summed E-state index contributed by atoms with van der Waals surface area (Å²) in [6.07, 6.45) is 0. The second kappa shape index (κ2) is 4.86. The number of hydrogen-bond donors (Lipinski definition) is 0. The molecule has 0 amide bonds. The Morgan fingerprint density at radius 3 is 2.37 bits per heavy atom. The van der Waals surface area contributed by atoms with Crippen molar-refractivity contribution in [3.8, 4) is 17.0 Å². The molecule has 0 spiro atoms. The first-order chi connectivity index (χ1) is 9.31. The van der Waals surface area contributed by atoms with Crippen LogP contribution in [0.3, 0.4) is 0 Å². The van der Waals surface area contributed by atoms with E-state index in [-0.39, 0.29) is 0 Å². The van der Waals surface area contributed by atoms with Gasteiger partial charge >= 0.3 is 0 Å². The average molecular weight is 271 g/mol. The van der Waals surface area contributed by atoms with Gasteiger partial charge in [0.15, 0.2) is 5.15 Å². The van der Waals surface area contributed by atoms with Gasteiger partial charge in [-0.2, -0.15) is 0 Å². The first kappa shape index (κ1) is 11.9. The quantitative estimate of drug-likeness (QED) is 0.707. The number of benzene rings is 2. The molecule has 4 heteroatoms. The lowest BCUT2D eigenvalue weighted by molar-refractivity contribution is 0.416. The van der Waals surface area contributed by atoms with Gasteiger partial charge in [0.1, 0.15) is 11.4 Å². The summed E-state index contributed by atoms with van der Waals surface area (Å²) in [6, 6.07) is 15.5. The maximum Gasteiger partial charge on any atom is 0.159 e. The Morgan fingerprint density at radius 1 is 0.895 bits per heavy atom. The van der Waals surface area contributed by atoms with Crippen LogP contribution in [0.2, 0.25) is 5.15 Å². The van der Waals surface area contributed by atoms with Crippen molar-refractivity contribution < 1.29 is 4.74 Å². The van der Waals surface area contributed by atoms with Crippen molar-refractivity contribution in [2.24, 2.45) is 0 Å². The van der Waals surface area contributed by atoms with E-state index in [2.05, 4.69) is 10.2 Å². The van der Waals surface area contributed by atoms with E-state index in [9.17, 15) is 0 Å². The maximum absolute atomic E-state index is 6.09. The Bertz CT molecular complexity index is 743. The van der Waals surface area contributed by atoms with Gasteiger partial charge in [-0.15, -0.1) is 10.2 Å². The van der Waals surface area contributed by atoms with Gasteiger partial charge in [-0.3, -0.25) is 0 Å². The number of hydrogen-bond acceptors (Lipinski definition) is 3. The van der Waals surface area contributed by atoms with Crippen LogP contribution in [0.25, 0.3) is 22.0 Å². The van der Waals surface area contributed by atoms with Gasteiger partial charge < -0.3 is 4.74 Å². The van der Waals surface area contributed by atoms with Crippen LogP contribution in [0.15, 0.2) is 48.5 Å². The summed E-state index contributed by atoms with van der Waals surface area (Å²) >= 11 is 6.09. The van der Waals surface area contributed by atoms with E-state index in [4.69, 9.17) is 16.3 Å². The minimum atomic E-state index is 0.411. The molecule has 0 unspecified atom stereocenters. The lowest BCUT2D eigenvalue weighted by Crippen LogP contribution is -1.94. The highest BCUT2D eigenvalue weighted by Gasteiger charge is 2.12. The molecule has 2 aromatic carbocycles. The van der Waals surface area contributed by atoms with Crippen LogP contribution in [0.1, 0.15) is 0 Å². The number of fused-ring (bicyclic) bond motifs is 1. The van der Waals surface area contributed by atoms with Gasteiger partial charge in [0.25, 0.3) is 0 Å². The SMILES string of the molecule is COc1ccccc1-c1nnc(Cl)c2ccccc12. The van der Waals surface area contributed by atoms with Crippen molar-refractivity contribution in [3.63, 3.8) is 0 Å². The van der Waals surface area contributed by atoms with Gasteiger partial charge in [-0.25, -0.2) is 0 Å². The van der Waals surface area contributed by atoms with Crippen LogP contribution >= 0.6 is 11.6 Å². The fourth-order valence-electron chi connectivity index (χ4n) is 2.11. The van der Waals surface area contributed by atoms with Crippen LogP contribution in [0, 0.1) is 0 Å². The molecule has 19 heavy (non-hydrogen) atoms. The lowest BCUT2D eigenvalue weighted by Gasteiger charge is -2.09. The second-order valence-electron chi connectivity index (χ2n) is 4.09. The summed E-state index contributed by atoms with van der Waals surface area (Å²) in [6.45, 7) is 0. The predicted octanol–water partition coefficient (Wildman–Crippen LogP) is 3.96. The third kappa shape index (κ3) is 2.02. The number of ether oxygens (including phenoxy) is 1. The van der Waals surface area contributed by atoms with Gasteiger partial charge in [0.05, 0.1) is 7.11 Å². The van der Waals surface area contributed by atoms with Crippen molar-refractivity contribution in [2.45, 2.75) is 0 Å². The molecule has 0 fully saturated rings. The third-order valence-corrected chi connectivity index (χ3v) is 3.28. The average Bonchev–Trinajstić information content (AvgIpc) is 2.48. The van der Waals surface area contributed by atoms with Crippen molar-refractivity contribution in [3.05, 3.63) is 53.7 Å². The topological polar surface area (TPSA) is 35.0 Å². The number of rotatable bonds is 2. The Labute approximate surface area is 115 Å². The number of methoxy groups -OCH3 is 1. The molecule has 0 saturated heterocycles. The number of aromatic nitrogens is 2. The fraction of sp³-hybridized carbons (Fsp3) is 0.0667. The lowest BCUT2D eigenvalue weighted by atomic mass is 10.0. The molecule has 0 radical (unpaired) electrons. The van der Waals surface area contributed by atoms with E-state index in [0.717, 1.165) is 27.8 Å². The van der Waals surface area contributed by atoms with Crippen molar-refractivity contribution >= 4 is 22.4 Å². The highest BCUT2D eigenvalue weighted by Crippen LogP contribution is 2.34. The molecular formula is C15H11ClN2O. The Morgan fingerprint density at radius 2 is 1.58 bits per heavy atom. The van der Waals surface area contributed by atoms with E-state index in [0.29, 0.717) is 5.15 Å². The molecule has 0 aliphatic heterocycles. The third-order valence-electron chi connectivity index (χ3n) is 3.00. The second-order valence-corrected chi connectivity index (χ2v) is 4.44. The Hall–Kier alpha value is -2.13. The molecule has 0 aliphatic carbocycles. The van der Waals surface area contributed by atoms with Crippen molar-refractivity contribution in [1.82, 2.24) is 10.2 Å². The van der Waals surface area contributed by atoms with Crippen molar-refractivity contribution in [2.75, 3.05) is 7.11 Å². The minimum absolute atomic E-state index is 0.411. The van der Waals surface area contributed by atoms with Gasteiger partial charge in [0.2, 0.25) is 0 Å². The van der Waals surface area contributed by atoms with Crippen LogP contribution in [-0.4, -0.2) is 17.3 Å². The van der Waals surface area contributed by atoms with Crippen LogP contribution < -0.4 is 4.74 Å². The summed E-state index contributed by atoms with van der Waals surface area (Å²) < 4.78 is 5.38. The zero-order valence-electron chi connectivity index (χ0n) is 10.3. The van der Waals surface area contributed by atoms with E-state index in [1.807, 2.05) is 48.5 Å². The molecule has 1 aromatic heterocycles. The number of nitrogens with zero attached hydrogens (tertiary/aromatic N) is 2. The molecule has 0 atom stereocenters. The molecule has 3 nitrogen and oxygen atoms in total. The molecule has 3 rings (SSSR count). The molecule has 3 aromatic rings. The Kier molecular flexibility index (Phi) is 3.05. The normalized spacial score (nSPS) is 10.6. The number of para-hydroxylation sites is 1. The molecule has 0 bridgehead atoms. The van der Waals surface area contributed by atoms with E-state index in [1.54, 1.807) is 7.11 Å². The van der Waals surface area contributed by atoms with E-state index >= 15 is 0 Å². The minimum Gasteiger partial charge on any atom is -0.496 e. The predicted molar refractivity (Wildman–Crippen MR) is 76.5 cm³/mol. The van der Waals surface area contributed by atoms with Gasteiger partial charge in [0, 0.05) is 16.3 Å². The van der Waals surface area contributed by atoms with E-state index < -0.39 is 0 Å². The maximum atomic E-state index is 6.09. The largest absolute Gasteiger partial charge is 0.496 e. The smallest absolute Gasteiger partial charge is 0.159 e. The Balaban J connectivity index is 2.34. The molecular weight excluding hydrogens is 260 g/mol. The first-order valence-electron chi connectivity index (χ1n) is 5.85. The zero-order valence-corrected chi connectivity index (χ0v) is 11.1. The van der Waals surface area contributed by atoms with E-state index in [1.165, 1.54) is 0 Å². The standard InChI is InChI=1S/C15H11ClN2O/c1-19-13-9-5-4-8-12(13)14-10-6-2-3-7-11(10)15(16)18-17-14/h2-9H,1H3. The van der Waals surface area contributed by atoms with Crippen LogP contribution in [0.4, 0.5) is 0 Å². The van der Waals surface area contributed by atoms with Gasteiger partial charge in [-0.1, -0.05) is 48.0 Å².